The van der Waals surface area contributed by atoms with E-state index in [1.165, 1.54) is 12.2 Å². The van der Waals surface area contributed by atoms with Crippen LogP contribution >= 0.6 is 11.8 Å². The Kier molecular flexibility index (Phi) is 8.99. The first-order valence-corrected chi connectivity index (χ1v) is 4.48. The molecule has 0 fully saturated rings. The van der Waals surface area contributed by atoms with Crippen LogP contribution in [0, 0.1) is 6.92 Å². The Balaban J connectivity index is 0. The third-order valence-corrected chi connectivity index (χ3v) is 2.29. The standard InChI is InChI=1S/C8H17S.Li/c1-5-6-7-9-8(2,3)4;/h1,5-7H2,2-4H3;/q-1;+1. The van der Waals surface area contributed by atoms with Gasteiger partial charge in [0.2, 0.25) is 0 Å². The Labute approximate surface area is 81.7 Å². The monoisotopic (exact) mass is 152 g/mol. The molecule has 0 radical (unpaired) electrons. The summed E-state index contributed by atoms with van der Waals surface area (Å²) >= 11 is 2.02. The van der Waals surface area contributed by atoms with Gasteiger partial charge in [-0.05, 0) is 5.75 Å². The molecule has 56 valence electrons. The van der Waals surface area contributed by atoms with Gasteiger partial charge in [0.15, 0.2) is 0 Å². The molecule has 0 aliphatic heterocycles. The van der Waals surface area contributed by atoms with Gasteiger partial charge in [0.25, 0.3) is 0 Å². The van der Waals surface area contributed by atoms with Crippen LogP contribution < -0.4 is 18.9 Å². The molecule has 0 atom stereocenters. The van der Waals surface area contributed by atoms with Crippen molar-refractivity contribution in [2.45, 2.75) is 38.4 Å². The fraction of sp³-hybridized carbons (Fsp3) is 0.875. The van der Waals surface area contributed by atoms with E-state index in [1.54, 1.807) is 0 Å². The number of thioether (sulfide) groups is 1. The number of unbranched alkanes of at least 4 members (excludes halogenated alkanes) is 1. The molecule has 10 heavy (non-hydrogen) atoms. The van der Waals surface area contributed by atoms with Crippen molar-refractivity contribution in [2.75, 3.05) is 5.75 Å². The smallest absolute Gasteiger partial charge is 0.343 e. The molecule has 0 saturated heterocycles. The van der Waals surface area contributed by atoms with Crippen LogP contribution in [0.15, 0.2) is 0 Å². The zero-order valence-corrected chi connectivity index (χ0v) is 8.55. The number of hydrogen-bond acceptors (Lipinski definition) is 1. The average Bonchev–Trinajstić information content (AvgIpc) is 1.63. The van der Waals surface area contributed by atoms with Crippen molar-refractivity contribution in [3.8, 4) is 0 Å². The summed E-state index contributed by atoms with van der Waals surface area (Å²) in [5.74, 6) is 1.26. The Bertz CT molecular complexity index is 66.1. The average molecular weight is 152 g/mol. The van der Waals surface area contributed by atoms with E-state index < -0.39 is 0 Å². The molecule has 0 heterocycles. The molecule has 0 aromatic carbocycles. The molecule has 0 saturated carbocycles. The van der Waals surface area contributed by atoms with E-state index in [-0.39, 0.29) is 18.9 Å². The molecule has 0 N–H and O–H groups in total. The first-order valence-electron chi connectivity index (χ1n) is 3.49. The second-order valence-electron chi connectivity index (χ2n) is 3.17. The van der Waals surface area contributed by atoms with Crippen molar-refractivity contribution in [1.82, 2.24) is 0 Å². The molecule has 0 aliphatic carbocycles. The van der Waals surface area contributed by atoms with Gasteiger partial charge in [-0.15, -0.1) is 0 Å². The SMILES string of the molecule is [CH2-]CCCSC(C)(C)C.[Li+]. The predicted molar refractivity (Wildman–Crippen MR) is 46.8 cm³/mol. The van der Waals surface area contributed by atoms with Crippen LogP contribution in [0.25, 0.3) is 0 Å². The molecular weight excluding hydrogens is 135 g/mol. The summed E-state index contributed by atoms with van der Waals surface area (Å²) in [5.41, 5.74) is 0. The van der Waals surface area contributed by atoms with E-state index in [1.807, 2.05) is 11.8 Å². The summed E-state index contributed by atoms with van der Waals surface area (Å²) < 4.78 is 0.440. The maximum atomic E-state index is 3.79. The summed E-state index contributed by atoms with van der Waals surface area (Å²) in [6, 6.07) is 0. The van der Waals surface area contributed by atoms with Gasteiger partial charge in [0, 0.05) is 4.75 Å². The van der Waals surface area contributed by atoms with E-state index >= 15 is 0 Å². The Morgan fingerprint density at radius 1 is 1.30 bits per heavy atom. The minimum absolute atomic E-state index is 0. The molecular formula is C8H17LiS. The molecule has 0 nitrogen and oxygen atoms in total. The van der Waals surface area contributed by atoms with Gasteiger partial charge in [-0.25, -0.2) is 0 Å². The first-order chi connectivity index (χ1) is 4.06. The maximum absolute atomic E-state index is 3.79. The first kappa shape index (κ1) is 13.5. The normalized spacial score (nSPS) is 10.8. The van der Waals surface area contributed by atoms with Gasteiger partial charge >= 0.3 is 18.9 Å². The number of hydrogen-bond donors (Lipinski definition) is 0. The topological polar surface area (TPSA) is 0 Å². The molecule has 0 spiro atoms. The molecule has 2 heteroatoms. The van der Waals surface area contributed by atoms with Crippen LogP contribution in [0.2, 0.25) is 0 Å². The molecule has 0 aromatic rings. The molecule has 0 rings (SSSR count). The second kappa shape index (κ2) is 6.64. The van der Waals surface area contributed by atoms with Crippen LogP contribution in [0.4, 0.5) is 0 Å². The van der Waals surface area contributed by atoms with Gasteiger partial charge in [-0.3, -0.25) is 0 Å². The van der Waals surface area contributed by atoms with Crippen LogP contribution in [0.1, 0.15) is 33.6 Å². The minimum Gasteiger partial charge on any atom is -0.343 e. The quantitative estimate of drug-likeness (QED) is 0.315. The predicted octanol–water partition coefficient (Wildman–Crippen LogP) is 0.136. The molecule has 0 bridgehead atoms. The molecule has 0 unspecified atom stereocenters. The van der Waals surface area contributed by atoms with Crippen LogP contribution in [-0.4, -0.2) is 10.5 Å². The second-order valence-corrected chi connectivity index (χ2v) is 5.09. The van der Waals surface area contributed by atoms with Crippen molar-refractivity contribution < 1.29 is 18.9 Å². The zero-order valence-electron chi connectivity index (χ0n) is 7.74. The Morgan fingerprint density at radius 2 is 1.80 bits per heavy atom. The van der Waals surface area contributed by atoms with E-state index in [0.717, 1.165) is 6.42 Å². The maximum Gasteiger partial charge on any atom is 1.00 e. The van der Waals surface area contributed by atoms with Gasteiger partial charge < -0.3 is 6.92 Å². The van der Waals surface area contributed by atoms with Crippen molar-refractivity contribution >= 4 is 11.8 Å². The van der Waals surface area contributed by atoms with Crippen molar-refractivity contribution in [2.24, 2.45) is 0 Å². The summed E-state index contributed by atoms with van der Waals surface area (Å²) in [5, 5.41) is 0. The zero-order chi connectivity index (χ0) is 7.33. The Morgan fingerprint density at radius 3 is 2.10 bits per heavy atom. The van der Waals surface area contributed by atoms with Gasteiger partial charge in [-0.2, -0.15) is 18.2 Å². The van der Waals surface area contributed by atoms with Crippen molar-refractivity contribution in [3.63, 3.8) is 0 Å². The van der Waals surface area contributed by atoms with Gasteiger partial charge in [-0.1, -0.05) is 27.2 Å². The van der Waals surface area contributed by atoms with E-state index in [0.29, 0.717) is 4.75 Å². The van der Waals surface area contributed by atoms with Crippen molar-refractivity contribution in [1.29, 1.82) is 0 Å². The van der Waals surface area contributed by atoms with E-state index in [4.69, 9.17) is 0 Å². The minimum atomic E-state index is 0. The third-order valence-electron chi connectivity index (χ3n) is 0.929. The molecule has 0 amide bonds. The summed E-state index contributed by atoms with van der Waals surface area (Å²) in [6.45, 7) is 10.5. The van der Waals surface area contributed by atoms with Gasteiger partial charge in [0.05, 0.1) is 0 Å². The van der Waals surface area contributed by atoms with E-state index in [9.17, 15) is 0 Å². The Hall–Kier alpha value is 0.947. The summed E-state index contributed by atoms with van der Waals surface area (Å²) in [6.07, 6.45) is 2.32. The molecule has 0 aliphatic rings. The van der Waals surface area contributed by atoms with Crippen molar-refractivity contribution in [3.05, 3.63) is 6.92 Å². The summed E-state index contributed by atoms with van der Waals surface area (Å²) in [7, 11) is 0. The third kappa shape index (κ3) is 11.7. The number of rotatable bonds is 3. The van der Waals surface area contributed by atoms with Crippen LogP contribution in [0.3, 0.4) is 0 Å². The van der Waals surface area contributed by atoms with E-state index in [2.05, 4.69) is 27.7 Å². The fourth-order valence-electron chi connectivity index (χ4n) is 0.480. The van der Waals surface area contributed by atoms with Gasteiger partial charge in [0.1, 0.15) is 0 Å². The molecule has 0 aromatic heterocycles. The fourth-order valence-corrected chi connectivity index (χ4v) is 1.44. The van der Waals surface area contributed by atoms with Crippen LogP contribution in [0.5, 0.6) is 0 Å². The summed E-state index contributed by atoms with van der Waals surface area (Å²) in [4.78, 5) is 0. The largest absolute Gasteiger partial charge is 1.00 e. The van der Waals surface area contributed by atoms with Crippen LogP contribution in [-0.2, 0) is 0 Å².